The molecule has 2 bridgehead atoms. The van der Waals surface area contributed by atoms with E-state index in [1.165, 1.54) is 5.56 Å². The quantitative estimate of drug-likeness (QED) is 0.593. The van der Waals surface area contributed by atoms with Crippen LogP contribution in [0.5, 0.6) is 0 Å². The molecule has 1 nitrogen and oxygen atoms in total. The molecule has 16 heavy (non-hydrogen) atoms. The van der Waals surface area contributed by atoms with E-state index in [0.717, 1.165) is 13.1 Å². The van der Waals surface area contributed by atoms with Gasteiger partial charge in [0, 0.05) is 24.4 Å². The average Bonchev–Trinajstić information content (AvgIpc) is 2.65. The topological polar surface area (TPSA) is 3.24 Å². The highest BCUT2D eigenvalue weighted by atomic mass is 15.1. The smallest absolute Gasteiger partial charge is 0.0484 e. The van der Waals surface area contributed by atoms with Crippen LogP contribution < -0.4 is 0 Å². The highest BCUT2D eigenvalue weighted by Gasteiger charge is 2.47. The summed E-state index contributed by atoms with van der Waals surface area (Å²) in [6.45, 7) is 2.27. The van der Waals surface area contributed by atoms with Gasteiger partial charge in [0.1, 0.15) is 0 Å². The summed E-state index contributed by atoms with van der Waals surface area (Å²) in [6, 6.07) is 8.95. The molecule has 80 valence electrons. The number of rotatable bonds is 0. The van der Waals surface area contributed by atoms with E-state index >= 15 is 0 Å². The van der Waals surface area contributed by atoms with Crippen LogP contribution in [0.1, 0.15) is 17.0 Å². The van der Waals surface area contributed by atoms with Crippen LogP contribution in [-0.2, 0) is 5.41 Å². The van der Waals surface area contributed by atoms with Crippen LogP contribution in [0.25, 0.3) is 0 Å². The Morgan fingerprint density at radius 2 is 2.19 bits per heavy atom. The summed E-state index contributed by atoms with van der Waals surface area (Å²) in [5, 5.41) is 0. The minimum Gasteiger partial charge on any atom is -0.301 e. The zero-order chi connectivity index (χ0) is 10.8. The molecule has 0 saturated carbocycles. The second-order valence-electron chi connectivity index (χ2n) is 5.31. The first-order valence-electron chi connectivity index (χ1n) is 5.98. The maximum absolute atomic E-state index is 2.48. The summed E-state index contributed by atoms with van der Waals surface area (Å²) < 4.78 is 0. The summed E-state index contributed by atoms with van der Waals surface area (Å²) in [6.07, 6.45) is 7.30. The Balaban J connectivity index is 2.02. The second kappa shape index (κ2) is 2.67. The van der Waals surface area contributed by atoms with Crippen molar-refractivity contribution in [3.8, 4) is 0 Å². The Bertz CT molecular complexity index is 526. The molecular formula is C15H15N. The first-order chi connectivity index (χ1) is 7.79. The van der Waals surface area contributed by atoms with Gasteiger partial charge in [0.25, 0.3) is 0 Å². The van der Waals surface area contributed by atoms with E-state index in [2.05, 4.69) is 54.4 Å². The van der Waals surface area contributed by atoms with Crippen LogP contribution in [0, 0.1) is 0 Å². The molecular weight excluding hydrogens is 194 g/mol. The summed E-state index contributed by atoms with van der Waals surface area (Å²) in [5.41, 5.74) is 4.88. The molecule has 1 aliphatic heterocycles. The van der Waals surface area contributed by atoms with E-state index in [1.54, 1.807) is 11.1 Å². The summed E-state index contributed by atoms with van der Waals surface area (Å²) >= 11 is 0. The summed E-state index contributed by atoms with van der Waals surface area (Å²) in [4.78, 5) is 2.43. The van der Waals surface area contributed by atoms with E-state index in [0.29, 0.717) is 5.92 Å². The third-order valence-corrected chi connectivity index (χ3v) is 4.30. The Morgan fingerprint density at radius 3 is 3.12 bits per heavy atom. The van der Waals surface area contributed by atoms with Gasteiger partial charge in [-0.15, -0.1) is 0 Å². The summed E-state index contributed by atoms with van der Waals surface area (Å²) in [5.74, 6) is 0.527. The molecule has 1 aromatic carbocycles. The molecule has 1 fully saturated rings. The molecule has 1 heteroatoms. The minimum atomic E-state index is 0.208. The minimum absolute atomic E-state index is 0.208. The molecule has 5 rings (SSSR count). The fourth-order valence-corrected chi connectivity index (χ4v) is 3.65. The molecule has 1 heterocycles. The number of nitrogens with zero attached hydrogens (tertiary/aromatic N) is 1. The van der Waals surface area contributed by atoms with Crippen LogP contribution in [-0.4, -0.2) is 25.0 Å². The molecule has 0 aromatic heterocycles. The van der Waals surface area contributed by atoms with Crippen molar-refractivity contribution < 1.29 is 0 Å². The number of hydrogen-bond donors (Lipinski definition) is 0. The number of allylic oxidation sites excluding steroid dienone is 2. The molecule has 1 spiro atoms. The summed E-state index contributed by atoms with van der Waals surface area (Å²) in [7, 11) is 2.22. The lowest BCUT2D eigenvalue weighted by Crippen LogP contribution is -2.35. The highest BCUT2D eigenvalue weighted by Crippen LogP contribution is 2.51. The van der Waals surface area contributed by atoms with Gasteiger partial charge in [-0.2, -0.15) is 0 Å². The third-order valence-electron chi connectivity index (χ3n) is 4.30. The second-order valence-corrected chi connectivity index (χ2v) is 5.31. The van der Waals surface area contributed by atoms with Gasteiger partial charge in [-0.3, -0.25) is 0 Å². The fraction of sp³-hybridized carbons (Fsp3) is 0.333. The van der Waals surface area contributed by atoms with Gasteiger partial charge in [-0.05, 0) is 23.7 Å². The van der Waals surface area contributed by atoms with Gasteiger partial charge < -0.3 is 4.90 Å². The molecule has 4 aliphatic rings. The van der Waals surface area contributed by atoms with E-state index in [1.807, 2.05) is 0 Å². The van der Waals surface area contributed by atoms with Crippen molar-refractivity contribution in [3.05, 3.63) is 59.2 Å². The maximum Gasteiger partial charge on any atom is 0.0484 e. The van der Waals surface area contributed by atoms with E-state index in [9.17, 15) is 0 Å². The van der Waals surface area contributed by atoms with E-state index in [-0.39, 0.29) is 5.41 Å². The molecule has 0 amide bonds. The lowest BCUT2D eigenvalue weighted by atomic mass is 9.63. The monoisotopic (exact) mass is 209 g/mol. The van der Waals surface area contributed by atoms with Crippen molar-refractivity contribution in [3.63, 3.8) is 0 Å². The average molecular weight is 209 g/mol. The molecule has 1 saturated heterocycles. The largest absolute Gasteiger partial charge is 0.301 e. The Labute approximate surface area is 96.1 Å². The molecule has 1 aromatic rings. The van der Waals surface area contributed by atoms with Gasteiger partial charge >= 0.3 is 0 Å². The van der Waals surface area contributed by atoms with Crippen molar-refractivity contribution in [1.29, 1.82) is 0 Å². The van der Waals surface area contributed by atoms with Crippen LogP contribution in [0.15, 0.2) is 48.1 Å². The Kier molecular flexibility index (Phi) is 1.46. The van der Waals surface area contributed by atoms with Crippen molar-refractivity contribution in [2.45, 2.75) is 11.3 Å². The predicted octanol–water partition coefficient (Wildman–Crippen LogP) is 2.46. The number of likely N-dealkylation sites (tertiary alicyclic amines) is 1. The first kappa shape index (κ1) is 8.77. The van der Waals surface area contributed by atoms with Crippen LogP contribution >= 0.6 is 0 Å². The van der Waals surface area contributed by atoms with Crippen molar-refractivity contribution in [2.75, 3.05) is 20.1 Å². The van der Waals surface area contributed by atoms with Gasteiger partial charge in [0.15, 0.2) is 0 Å². The maximum atomic E-state index is 2.48. The highest BCUT2D eigenvalue weighted by molar-refractivity contribution is 5.60. The lowest BCUT2D eigenvalue weighted by molar-refractivity contribution is 0.393. The lowest BCUT2D eigenvalue weighted by Gasteiger charge is -2.40. The number of likely N-dealkylation sites (N-methyl/N-ethyl adjacent to an activating group) is 1. The zero-order valence-electron chi connectivity index (χ0n) is 9.48. The van der Waals surface area contributed by atoms with Crippen molar-refractivity contribution in [2.24, 2.45) is 0 Å². The van der Waals surface area contributed by atoms with E-state index in [4.69, 9.17) is 0 Å². The molecule has 0 N–H and O–H groups in total. The molecule has 3 aliphatic carbocycles. The first-order valence-corrected chi connectivity index (χ1v) is 5.98. The van der Waals surface area contributed by atoms with Gasteiger partial charge in [0.2, 0.25) is 0 Å². The molecule has 2 unspecified atom stereocenters. The molecule has 0 radical (unpaired) electrons. The van der Waals surface area contributed by atoms with E-state index < -0.39 is 0 Å². The Morgan fingerprint density at radius 1 is 1.31 bits per heavy atom. The molecule has 2 atom stereocenters. The van der Waals surface area contributed by atoms with Crippen molar-refractivity contribution >= 4 is 0 Å². The third kappa shape index (κ3) is 0.863. The van der Waals surface area contributed by atoms with Gasteiger partial charge in [-0.25, -0.2) is 0 Å². The fourth-order valence-electron chi connectivity index (χ4n) is 3.65. The van der Waals surface area contributed by atoms with Crippen LogP contribution in [0.4, 0.5) is 0 Å². The SMILES string of the molecule is CN1CC2=CC3C=CC2(C1)c1ccccc13. The number of benzene rings is 1. The van der Waals surface area contributed by atoms with Gasteiger partial charge in [-0.1, -0.05) is 42.5 Å². The van der Waals surface area contributed by atoms with Crippen molar-refractivity contribution in [1.82, 2.24) is 4.90 Å². The Hall–Kier alpha value is -1.34. The normalized spacial score (nSPS) is 34.8. The zero-order valence-corrected chi connectivity index (χ0v) is 9.48. The predicted molar refractivity (Wildman–Crippen MR) is 65.6 cm³/mol. The number of hydrogen-bond acceptors (Lipinski definition) is 1. The standard InChI is InChI=1S/C15H15N/c1-16-9-12-8-11-6-7-15(12,10-16)14-5-3-2-4-13(11)14/h2-8,11H,9-10H2,1H3. The van der Waals surface area contributed by atoms with Gasteiger partial charge in [0.05, 0.1) is 0 Å². The van der Waals surface area contributed by atoms with Crippen LogP contribution in [0.3, 0.4) is 0 Å². The van der Waals surface area contributed by atoms with Crippen LogP contribution in [0.2, 0.25) is 0 Å².